The molecule has 2 rings (SSSR count). The molecular formula is C11H12O2. The van der Waals surface area contributed by atoms with Crippen LogP contribution in [0.5, 0.6) is 5.75 Å². The van der Waals surface area contributed by atoms with E-state index in [1.165, 1.54) is 0 Å². The summed E-state index contributed by atoms with van der Waals surface area (Å²) in [5, 5.41) is 18.7. The minimum Gasteiger partial charge on any atom is -0.507 e. The van der Waals surface area contributed by atoms with E-state index in [1.54, 1.807) is 6.07 Å². The number of hydrogen-bond acceptors (Lipinski definition) is 2. The van der Waals surface area contributed by atoms with Gasteiger partial charge < -0.3 is 10.2 Å². The third-order valence-corrected chi connectivity index (χ3v) is 2.56. The van der Waals surface area contributed by atoms with E-state index in [2.05, 4.69) is 0 Å². The first-order chi connectivity index (χ1) is 6.24. The van der Waals surface area contributed by atoms with Gasteiger partial charge in [-0.1, -0.05) is 17.7 Å². The Morgan fingerprint density at radius 1 is 1.38 bits per heavy atom. The van der Waals surface area contributed by atoms with Crippen molar-refractivity contribution in [3.63, 3.8) is 0 Å². The second-order valence-electron chi connectivity index (χ2n) is 3.41. The van der Waals surface area contributed by atoms with Crippen LogP contribution in [-0.2, 0) is 6.42 Å². The Morgan fingerprint density at radius 3 is 2.85 bits per heavy atom. The molecule has 2 heteroatoms. The van der Waals surface area contributed by atoms with Gasteiger partial charge in [0.2, 0.25) is 0 Å². The molecule has 2 N–H and O–H groups in total. The first-order valence-corrected chi connectivity index (χ1v) is 4.34. The van der Waals surface area contributed by atoms with Crippen molar-refractivity contribution < 1.29 is 10.2 Å². The summed E-state index contributed by atoms with van der Waals surface area (Å²) in [6.07, 6.45) is 0.847. The topological polar surface area (TPSA) is 40.5 Å². The molecule has 1 aliphatic carbocycles. The lowest BCUT2D eigenvalue weighted by atomic mass is 10.1. The molecule has 0 saturated carbocycles. The lowest BCUT2D eigenvalue weighted by molar-refractivity contribution is 0.349. The van der Waals surface area contributed by atoms with Crippen molar-refractivity contribution in [2.45, 2.75) is 13.3 Å². The van der Waals surface area contributed by atoms with Crippen molar-refractivity contribution in [2.75, 3.05) is 6.61 Å². The van der Waals surface area contributed by atoms with Crippen LogP contribution in [0.15, 0.2) is 23.8 Å². The summed E-state index contributed by atoms with van der Waals surface area (Å²) in [6.45, 7) is 2.00. The summed E-state index contributed by atoms with van der Waals surface area (Å²) in [6, 6.07) is 5.48. The van der Waals surface area contributed by atoms with Gasteiger partial charge in [0.05, 0.1) is 6.61 Å². The van der Waals surface area contributed by atoms with Crippen LogP contribution in [0.25, 0.3) is 5.57 Å². The highest BCUT2D eigenvalue weighted by atomic mass is 16.3. The van der Waals surface area contributed by atoms with Crippen LogP contribution in [0.4, 0.5) is 0 Å². The number of aliphatic hydroxyl groups is 1. The molecule has 1 aromatic rings. The molecule has 0 atom stereocenters. The Kier molecular flexibility index (Phi) is 1.85. The van der Waals surface area contributed by atoms with Crippen LogP contribution in [0.2, 0.25) is 0 Å². The molecule has 1 aromatic carbocycles. The highest BCUT2D eigenvalue weighted by Crippen LogP contribution is 2.37. The summed E-state index contributed by atoms with van der Waals surface area (Å²) in [5.41, 5.74) is 3.98. The summed E-state index contributed by atoms with van der Waals surface area (Å²) in [5.74, 6) is 0.276. The van der Waals surface area contributed by atoms with Crippen molar-refractivity contribution in [3.05, 3.63) is 34.9 Å². The first-order valence-electron chi connectivity index (χ1n) is 4.34. The fourth-order valence-corrected chi connectivity index (χ4v) is 1.90. The molecular weight excluding hydrogens is 164 g/mol. The molecule has 1 aliphatic rings. The van der Waals surface area contributed by atoms with Crippen molar-refractivity contribution in [2.24, 2.45) is 0 Å². The van der Waals surface area contributed by atoms with E-state index < -0.39 is 0 Å². The molecule has 68 valence electrons. The maximum atomic E-state index is 9.61. The van der Waals surface area contributed by atoms with Crippen LogP contribution < -0.4 is 0 Å². The maximum absolute atomic E-state index is 9.61. The number of benzene rings is 1. The van der Waals surface area contributed by atoms with Crippen LogP contribution in [0, 0.1) is 0 Å². The van der Waals surface area contributed by atoms with E-state index >= 15 is 0 Å². The smallest absolute Gasteiger partial charge is 0.123 e. The molecule has 0 amide bonds. The monoisotopic (exact) mass is 176 g/mol. The summed E-state index contributed by atoms with van der Waals surface area (Å²) >= 11 is 0. The van der Waals surface area contributed by atoms with Gasteiger partial charge >= 0.3 is 0 Å². The summed E-state index contributed by atoms with van der Waals surface area (Å²) in [7, 11) is 0. The Morgan fingerprint density at radius 2 is 2.15 bits per heavy atom. The molecule has 0 radical (unpaired) electrons. The van der Waals surface area contributed by atoms with Gasteiger partial charge in [0.15, 0.2) is 0 Å². The second kappa shape index (κ2) is 2.89. The Hall–Kier alpha value is -1.28. The fraction of sp³-hybridized carbons (Fsp3) is 0.273. The zero-order chi connectivity index (χ0) is 9.42. The number of phenolic OH excluding ortho intramolecular Hbond substituents is 1. The molecule has 0 aromatic heterocycles. The Balaban J connectivity index is 2.61. The average molecular weight is 176 g/mol. The van der Waals surface area contributed by atoms with Gasteiger partial charge in [0.1, 0.15) is 5.75 Å². The van der Waals surface area contributed by atoms with Gasteiger partial charge in [-0.3, -0.25) is 0 Å². The normalized spacial score (nSPS) is 14.9. The van der Waals surface area contributed by atoms with E-state index in [1.807, 2.05) is 19.1 Å². The third kappa shape index (κ3) is 1.14. The highest BCUT2D eigenvalue weighted by molar-refractivity contribution is 5.80. The van der Waals surface area contributed by atoms with E-state index in [9.17, 15) is 5.11 Å². The van der Waals surface area contributed by atoms with E-state index in [4.69, 9.17) is 5.11 Å². The fourth-order valence-electron chi connectivity index (χ4n) is 1.90. The van der Waals surface area contributed by atoms with Gasteiger partial charge in [-0.25, -0.2) is 0 Å². The number of phenols is 1. The standard InChI is InChI=1S/C11H12O2/c1-7-5-8-3-2-4-10(13)11(8)9(7)6-12/h2-4,12-13H,5-6H2,1H3. The first kappa shape index (κ1) is 8.32. The average Bonchev–Trinajstić information content (AvgIpc) is 2.42. The number of aliphatic hydroxyl groups excluding tert-OH is 1. The van der Waals surface area contributed by atoms with Crippen molar-refractivity contribution in [3.8, 4) is 5.75 Å². The van der Waals surface area contributed by atoms with Crippen LogP contribution in [0.3, 0.4) is 0 Å². The molecule has 0 bridgehead atoms. The second-order valence-corrected chi connectivity index (χ2v) is 3.41. The largest absolute Gasteiger partial charge is 0.507 e. The number of hydrogen-bond donors (Lipinski definition) is 2. The SMILES string of the molecule is CC1=C(CO)c2c(O)cccc2C1. The molecule has 2 nitrogen and oxygen atoms in total. The lowest BCUT2D eigenvalue weighted by Crippen LogP contribution is -1.89. The van der Waals surface area contributed by atoms with E-state index in [0.29, 0.717) is 0 Å². The van der Waals surface area contributed by atoms with Gasteiger partial charge in [-0.2, -0.15) is 0 Å². The molecule has 0 heterocycles. The van der Waals surface area contributed by atoms with E-state index in [0.717, 1.165) is 28.7 Å². The van der Waals surface area contributed by atoms with Gasteiger partial charge in [-0.15, -0.1) is 0 Å². The Bertz CT molecular complexity index is 378. The number of aromatic hydroxyl groups is 1. The zero-order valence-corrected chi connectivity index (χ0v) is 7.54. The van der Waals surface area contributed by atoms with E-state index in [-0.39, 0.29) is 12.4 Å². The number of allylic oxidation sites excluding steroid dienone is 1. The molecule has 0 unspecified atom stereocenters. The quantitative estimate of drug-likeness (QED) is 0.684. The van der Waals surface area contributed by atoms with Crippen molar-refractivity contribution >= 4 is 5.57 Å². The lowest BCUT2D eigenvalue weighted by Gasteiger charge is -2.04. The minimum absolute atomic E-state index is 0.0103. The molecule has 0 fully saturated rings. The number of fused-ring (bicyclic) bond motifs is 1. The van der Waals surface area contributed by atoms with Crippen molar-refractivity contribution in [1.29, 1.82) is 0 Å². The van der Waals surface area contributed by atoms with Crippen LogP contribution in [0.1, 0.15) is 18.1 Å². The summed E-state index contributed by atoms with van der Waals surface area (Å²) < 4.78 is 0. The maximum Gasteiger partial charge on any atom is 0.123 e. The van der Waals surface area contributed by atoms with Gasteiger partial charge in [0.25, 0.3) is 0 Å². The van der Waals surface area contributed by atoms with Gasteiger partial charge in [-0.05, 0) is 30.5 Å². The minimum atomic E-state index is 0.0103. The summed E-state index contributed by atoms with van der Waals surface area (Å²) in [4.78, 5) is 0. The third-order valence-electron chi connectivity index (χ3n) is 2.56. The molecule has 13 heavy (non-hydrogen) atoms. The number of rotatable bonds is 1. The molecule has 0 spiro atoms. The molecule has 0 saturated heterocycles. The van der Waals surface area contributed by atoms with Crippen LogP contribution in [-0.4, -0.2) is 16.8 Å². The Labute approximate surface area is 77.1 Å². The highest BCUT2D eigenvalue weighted by Gasteiger charge is 2.20. The molecule has 0 aliphatic heterocycles. The van der Waals surface area contributed by atoms with Crippen LogP contribution >= 0.6 is 0 Å². The van der Waals surface area contributed by atoms with Crippen molar-refractivity contribution in [1.82, 2.24) is 0 Å². The van der Waals surface area contributed by atoms with Gasteiger partial charge in [0, 0.05) is 5.56 Å². The zero-order valence-electron chi connectivity index (χ0n) is 7.54. The predicted molar refractivity (Wildman–Crippen MR) is 51.5 cm³/mol. The predicted octanol–water partition coefficient (Wildman–Crippen LogP) is 1.71.